The lowest BCUT2D eigenvalue weighted by Crippen LogP contribution is -2.28. The molecule has 1 unspecified atom stereocenters. The van der Waals surface area contributed by atoms with Gasteiger partial charge in [0.15, 0.2) is 0 Å². The van der Waals surface area contributed by atoms with Crippen molar-refractivity contribution < 1.29 is 9.50 Å². The molecule has 1 atom stereocenters. The summed E-state index contributed by atoms with van der Waals surface area (Å²) in [4.78, 5) is 0. The molecular weight excluding hydrogens is 275 g/mol. The molecule has 1 nitrogen and oxygen atoms in total. The van der Waals surface area contributed by atoms with Gasteiger partial charge in [0.2, 0.25) is 0 Å². The largest absolute Gasteiger partial charge is 0.392 e. The third-order valence-electron chi connectivity index (χ3n) is 4.20. The first-order valence-electron chi connectivity index (χ1n) is 6.79. The number of halogens is 2. The molecule has 1 saturated carbocycles. The number of aliphatic hydroxyl groups excluding tert-OH is 1. The lowest BCUT2D eigenvalue weighted by Gasteiger charge is -2.23. The smallest absolute Gasteiger partial charge is 0.124 e. The van der Waals surface area contributed by atoms with Crippen LogP contribution in [0.15, 0.2) is 48.5 Å². The molecule has 2 aromatic rings. The highest BCUT2D eigenvalue weighted by Gasteiger charge is 2.50. The molecule has 0 aromatic heterocycles. The summed E-state index contributed by atoms with van der Waals surface area (Å²) in [7, 11) is 0. The molecule has 0 bridgehead atoms. The summed E-state index contributed by atoms with van der Waals surface area (Å²) in [6.45, 7) is 0. The van der Waals surface area contributed by atoms with Gasteiger partial charge in [-0.2, -0.15) is 0 Å². The summed E-state index contributed by atoms with van der Waals surface area (Å²) in [5.74, 6) is -0.350. The summed E-state index contributed by atoms with van der Waals surface area (Å²) < 4.78 is 13.0. The van der Waals surface area contributed by atoms with Crippen LogP contribution in [-0.2, 0) is 11.8 Å². The molecule has 0 heterocycles. The minimum absolute atomic E-state index is 0.154. The molecule has 0 spiro atoms. The Bertz CT molecular complexity index is 608. The predicted molar refractivity (Wildman–Crippen MR) is 78.5 cm³/mol. The molecule has 1 N–H and O–H groups in total. The van der Waals surface area contributed by atoms with Crippen LogP contribution in [0.1, 0.15) is 24.0 Å². The van der Waals surface area contributed by atoms with Crippen molar-refractivity contribution in [2.45, 2.75) is 30.8 Å². The van der Waals surface area contributed by atoms with E-state index in [9.17, 15) is 9.50 Å². The maximum atomic E-state index is 13.0. The Hall–Kier alpha value is -1.38. The highest BCUT2D eigenvalue weighted by molar-refractivity contribution is 6.31. The highest BCUT2D eigenvalue weighted by Crippen LogP contribution is 2.51. The van der Waals surface area contributed by atoms with E-state index in [4.69, 9.17) is 11.6 Å². The van der Waals surface area contributed by atoms with Gasteiger partial charge in [-0.3, -0.25) is 0 Å². The Balaban J connectivity index is 1.81. The van der Waals surface area contributed by atoms with Gasteiger partial charge < -0.3 is 5.11 Å². The molecule has 1 aliphatic rings. The van der Waals surface area contributed by atoms with Gasteiger partial charge in [-0.25, -0.2) is 4.39 Å². The molecule has 1 fully saturated rings. The zero-order valence-electron chi connectivity index (χ0n) is 11.0. The Morgan fingerprint density at radius 2 is 1.85 bits per heavy atom. The number of rotatable bonds is 4. The van der Waals surface area contributed by atoms with E-state index in [0.29, 0.717) is 11.4 Å². The standard InChI is InChI=1S/C17H16ClFO/c18-15-11-14(19)7-6-12(15)10-16(20)17(8-9-17)13-4-2-1-3-5-13/h1-7,11,16,20H,8-10H2. The van der Waals surface area contributed by atoms with Crippen LogP contribution in [0.2, 0.25) is 5.02 Å². The third kappa shape index (κ3) is 2.46. The molecule has 104 valence electrons. The van der Waals surface area contributed by atoms with Crippen molar-refractivity contribution in [2.24, 2.45) is 0 Å². The third-order valence-corrected chi connectivity index (χ3v) is 4.56. The van der Waals surface area contributed by atoms with Gasteiger partial charge in [0.25, 0.3) is 0 Å². The number of benzene rings is 2. The van der Waals surface area contributed by atoms with Crippen molar-refractivity contribution in [2.75, 3.05) is 0 Å². The normalized spacial score (nSPS) is 17.8. The molecule has 0 saturated heterocycles. The summed E-state index contributed by atoms with van der Waals surface area (Å²) in [5, 5.41) is 11.0. The molecular formula is C17H16ClFO. The number of aliphatic hydroxyl groups is 1. The van der Waals surface area contributed by atoms with Crippen molar-refractivity contribution >= 4 is 11.6 Å². The predicted octanol–water partition coefficient (Wildman–Crippen LogP) is 4.11. The van der Waals surface area contributed by atoms with Crippen LogP contribution in [0.3, 0.4) is 0 Å². The summed E-state index contributed by atoms with van der Waals surface area (Å²) >= 11 is 6.04. The van der Waals surface area contributed by atoms with Gasteiger partial charge in [-0.05, 0) is 36.1 Å². The van der Waals surface area contributed by atoms with Crippen molar-refractivity contribution in [3.63, 3.8) is 0 Å². The monoisotopic (exact) mass is 290 g/mol. The minimum Gasteiger partial charge on any atom is -0.392 e. The average Bonchev–Trinajstić information content (AvgIpc) is 3.24. The van der Waals surface area contributed by atoms with Crippen LogP contribution in [0.25, 0.3) is 0 Å². The van der Waals surface area contributed by atoms with Gasteiger partial charge >= 0.3 is 0 Å². The van der Waals surface area contributed by atoms with Crippen molar-refractivity contribution in [1.29, 1.82) is 0 Å². The lowest BCUT2D eigenvalue weighted by molar-refractivity contribution is 0.131. The lowest BCUT2D eigenvalue weighted by atomic mass is 9.86. The van der Waals surface area contributed by atoms with Crippen LogP contribution in [0, 0.1) is 5.82 Å². The fourth-order valence-corrected chi connectivity index (χ4v) is 3.05. The molecule has 0 radical (unpaired) electrons. The zero-order chi connectivity index (χ0) is 14.2. The van der Waals surface area contributed by atoms with Crippen LogP contribution in [-0.4, -0.2) is 11.2 Å². The summed E-state index contributed by atoms with van der Waals surface area (Å²) in [6.07, 6.45) is 1.93. The second kappa shape index (κ2) is 5.19. The second-order valence-electron chi connectivity index (χ2n) is 5.48. The van der Waals surface area contributed by atoms with Gasteiger partial charge in [0.05, 0.1) is 6.10 Å². The van der Waals surface area contributed by atoms with Gasteiger partial charge in [0, 0.05) is 16.9 Å². The van der Waals surface area contributed by atoms with E-state index in [0.717, 1.165) is 18.4 Å². The second-order valence-corrected chi connectivity index (χ2v) is 5.89. The van der Waals surface area contributed by atoms with Gasteiger partial charge in [0.1, 0.15) is 5.82 Å². The topological polar surface area (TPSA) is 20.2 Å². The van der Waals surface area contributed by atoms with E-state index in [1.54, 1.807) is 6.07 Å². The SMILES string of the molecule is OC(Cc1ccc(F)cc1Cl)C1(c2ccccc2)CC1. The van der Waals surface area contributed by atoms with Crippen molar-refractivity contribution in [3.8, 4) is 0 Å². The molecule has 20 heavy (non-hydrogen) atoms. The van der Waals surface area contributed by atoms with E-state index in [1.165, 1.54) is 17.7 Å². The Morgan fingerprint density at radius 3 is 2.45 bits per heavy atom. The Morgan fingerprint density at radius 1 is 1.15 bits per heavy atom. The fourth-order valence-electron chi connectivity index (χ4n) is 2.81. The van der Waals surface area contributed by atoms with Crippen molar-refractivity contribution in [1.82, 2.24) is 0 Å². The number of hydrogen-bond donors (Lipinski definition) is 1. The maximum absolute atomic E-state index is 13.0. The zero-order valence-corrected chi connectivity index (χ0v) is 11.8. The first kappa shape index (κ1) is 13.6. The maximum Gasteiger partial charge on any atom is 0.124 e. The molecule has 1 aliphatic carbocycles. The van der Waals surface area contributed by atoms with Crippen LogP contribution >= 0.6 is 11.6 Å². The summed E-state index contributed by atoms with van der Waals surface area (Å²) in [6, 6.07) is 14.4. The average molecular weight is 291 g/mol. The summed E-state index contributed by atoms with van der Waals surface area (Å²) in [5.41, 5.74) is 1.81. The molecule has 3 heteroatoms. The first-order valence-corrected chi connectivity index (χ1v) is 7.17. The quantitative estimate of drug-likeness (QED) is 0.898. The molecule has 0 amide bonds. The molecule has 2 aromatic carbocycles. The van der Waals surface area contributed by atoms with E-state index in [2.05, 4.69) is 12.1 Å². The van der Waals surface area contributed by atoms with Crippen LogP contribution < -0.4 is 0 Å². The first-order chi connectivity index (χ1) is 9.62. The van der Waals surface area contributed by atoms with Crippen LogP contribution in [0.5, 0.6) is 0 Å². The molecule has 3 rings (SSSR count). The van der Waals surface area contributed by atoms with Gasteiger partial charge in [-0.15, -0.1) is 0 Å². The Kier molecular flexibility index (Phi) is 3.53. The van der Waals surface area contributed by atoms with E-state index >= 15 is 0 Å². The van der Waals surface area contributed by atoms with Gasteiger partial charge in [-0.1, -0.05) is 48.0 Å². The van der Waals surface area contributed by atoms with E-state index in [1.807, 2.05) is 18.2 Å². The minimum atomic E-state index is -0.493. The van der Waals surface area contributed by atoms with Crippen molar-refractivity contribution in [3.05, 3.63) is 70.5 Å². The van der Waals surface area contributed by atoms with Crippen LogP contribution in [0.4, 0.5) is 4.39 Å². The Labute approximate surface area is 123 Å². The fraction of sp³-hybridized carbons (Fsp3) is 0.294. The molecule has 0 aliphatic heterocycles. The highest BCUT2D eigenvalue weighted by atomic mass is 35.5. The van der Waals surface area contributed by atoms with E-state index < -0.39 is 6.10 Å². The number of hydrogen-bond acceptors (Lipinski definition) is 1. The van der Waals surface area contributed by atoms with E-state index in [-0.39, 0.29) is 11.2 Å².